The van der Waals surface area contributed by atoms with Crippen molar-refractivity contribution in [2.75, 3.05) is 28.4 Å². The number of methoxy groups -OCH3 is 4. The number of thiocarbonyl (C=S) groups is 1. The molecule has 0 aliphatic heterocycles. The van der Waals surface area contributed by atoms with Crippen LogP contribution in [0.3, 0.4) is 0 Å². The number of amides is 2. The molecule has 2 aromatic carbocycles. The summed E-state index contributed by atoms with van der Waals surface area (Å²) in [5, 5.41) is 2.45. The van der Waals surface area contributed by atoms with Crippen LogP contribution in [0.5, 0.6) is 23.0 Å². The lowest BCUT2D eigenvalue weighted by Gasteiger charge is -2.15. The molecule has 0 radical (unpaired) electrons. The predicted octanol–water partition coefficient (Wildman–Crippen LogP) is 1.60. The Morgan fingerprint density at radius 1 is 0.867 bits per heavy atom. The fourth-order valence-corrected chi connectivity index (χ4v) is 2.69. The maximum absolute atomic E-state index is 12.4. The van der Waals surface area contributed by atoms with Crippen LogP contribution in [0.4, 0.5) is 0 Å². The van der Waals surface area contributed by atoms with Crippen molar-refractivity contribution in [3.63, 3.8) is 0 Å². The lowest BCUT2D eigenvalue weighted by atomic mass is 10.1. The minimum Gasteiger partial charge on any atom is -0.497 e. The standard InChI is InChI=1S/C20H23N3O6S/c1-26-14-7-5-12(6-8-14)9-17(24)21-20(30)23-22-19(25)13-10-15(27-2)18(29-4)16(11-13)28-3/h5-8,10-11H,9H2,1-4H3,(H,22,25)(H2,21,23,24,30). The summed E-state index contributed by atoms with van der Waals surface area (Å²) in [5.74, 6) is 0.882. The molecule has 0 unspecified atom stereocenters. The number of hydrazine groups is 1. The molecule has 3 N–H and O–H groups in total. The van der Waals surface area contributed by atoms with E-state index in [9.17, 15) is 9.59 Å². The summed E-state index contributed by atoms with van der Waals surface area (Å²) in [6.07, 6.45) is 0.118. The Hall–Kier alpha value is -3.53. The first kappa shape index (κ1) is 22.8. The highest BCUT2D eigenvalue weighted by molar-refractivity contribution is 7.80. The minimum atomic E-state index is -0.513. The summed E-state index contributed by atoms with van der Waals surface area (Å²) >= 11 is 5.04. The predicted molar refractivity (Wildman–Crippen MR) is 114 cm³/mol. The molecule has 2 rings (SSSR count). The molecule has 9 nitrogen and oxygen atoms in total. The summed E-state index contributed by atoms with van der Waals surface area (Å²) < 4.78 is 20.7. The Bertz CT molecular complexity index is 892. The van der Waals surface area contributed by atoms with Crippen molar-refractivity contribution in [1.82, 2.24) is 16.2 Å². The molecule has 0 aliphatic carbocycles. The van der Waals surface area contributed by atoms with E-state index in [2.05, 4.69) is 16.2 Å². The third kappa shape index (κ3) is 5.98. The second-order valence-corrected chi connectivity index (χ2v) is 6.30. The second-order valence-electron chi connectivity index (χ2n) is 5.90. The van der Waals surface area contributed by atoms with E-state index >= 15 is 0 Å². The van der Waals surface area contributed by atoms with Gasteiger partial charge in [0.25, 0.3) is 5.91 Å². The van der Waals surface area contributed by atoms with Gasteiger partial charge in [0.15, 0.2) is 16.6 Å². The number of ether oxygens (including phenoxy) is 4. The van der Waals surface area contributed by atoms with Gasteiger partial charge in [-0.05, 0) is 42.0 Å². The van der Waals surface area contributed by atoms with Gasteiger partial charge >= 0.3 is 0 Å². The van der Waals surface area contributed by atoms with Crippen LogP contribution in [-0.2, 0) is 11.2 Å². The fourth-order valence-electron chi connectivity index (χ4n) is 2.53. The lowest BCUT2D eigenvalue weighted by Crippen LogP contribution is -2.48. The fraction of sp³-hybridized carbons (Fsp3) is 0.250. The Kier molecular flexibility index (Phi) is 8.24. The highest BCUT2D eigenvalue weighted by Crippen LogP contribution is 2.38. The molecule has 30 heavy (non-hydrogen) atoms. The van der Waals surface area contributed by atoms with Crippen LogP contribution in [0.25, 0.3) is 0 Å². The third-order valence-electron chi connectivity index (χ3n) is 3.99. The van der Waals surface area contributed by atoms with Crippen LogP contribution in [-0.4, -0.2) is 45.4 Å². The first-order chi connectivity index (χ1) is 14.4. The topological polar surface area (TPSA) is 107 Å². The molecule has 0 heterocycles. The average Bonchev–Trinajstić information content (AvgIpc) is 2.76. The van der Waals surface area contributed by atoms with Crippen molar-refractivity contribution in [2.24, 2.45) is 0 Å². The van der Waals surface area contributed by atoms with Crippen molar-refractivity contribution in [3.8, 4) is 23.0 Å². The molecule has 0 saturated heterocycles. The molecule has 10 heteroatoms. The van der Waals surface area contributed by atoms with Crippen molar-refractivity contribution in [2.45, 2.75) is 6.42 Å². The molecule has 0 fully saturated rings. The number of carbonyl (C=O) groups is 2. The zero-order chi connectivity index (χ0) is 22.1. The van der Waals surface area contributed by atoms with Crippen LogP contribution in [0.2, 0.25) is 0 Å². The van der Waals surface area contributed by atoms with Gasteiger partial charge in [-0.3, -0.25) is 20.4 Å². The SMILES string of the molecule is COc1ccc(CC(=O)NC(=S)NNC(=O)c2cc(OC)c(OC)c(OC)c2)cc1. The number of benzene rings is 2. The summed E-state index contributed by atoms with van der Waals surface area (Å²) in [4.78, 5) is 24.5. The molecule has 0 aromatic heterocycles. The molecule has 0 spiro atoms. The minimum absolute atomic E-state index is 0.0469. The number of hydrogen-bond donors (Lipinski definition) is 3. The van der Waals surface area contributed by atoms with Gasteiger partial charge in [0.05, 0.1) is 34.9 Å². The number of rotatable bonds is 7. The lowest BCUT2D eigenvalue weighted by molar-refractivity contribution is -0.119. The summed E-state index contributed by atoms with van der Waals surface area (Å²) in [5.41, 5.74) is 5.93. The normalized spacial score (nSPS) is 9.87. The number of nitrogens with one attached hydrogen (secondary N) is 3. The third-order valence-corrected chi connectivity index (χ3v) is 4.20. The van der Waals surface area contributed by atoms with Gasteiger partial charge in [0.1, 0.15) is 5.75 Å². The van der Waals surface area contributed by atoms with Gasteiger partial charge in [0.2, 0.25) is 11.7 Å². The van der Waals surface area contributed by atoms with Crippen molar-refractivity contribution in [3.05, 3.63) is 47.5 Å². The van der Waals surface area contributed by atoms with E-state index in [0.717, 1.165) is 5.56 Å². The zero-order valence-corrected chi connectivity index (χ0v) is 17.8. The van der Waals surface area contributed by atoms with E-state index in [4.69, 9.17) is 31.2 Å². The Morgan fingerprint density at radius 2 is 1.47 bits per heavy atom. The molecule has 0 bridgehead atoms. The van der Waals surface area contributed by atoms with Gasteiger partial charge in [0, 0.05) is 5.56 Å². The molecule has 0 aliphatic rings. The zero-order valence-electron chi connectivity index (χ0n) is 17.0. The van der Waals surface area contributed by atoms with Crippen LogP contribution in [0, 0.1) is 0 Å². The number of hydrogen-bond acceptors (Lipinski definition) is 7. The quantitative estimate of drug-likeness (QED) is 0.447. The maximum Gasteiger partial charge on any atom is 0.269 e. The highest BCUT2D eigenvalue weighted by Gasteiger charge is 2.17. The Balaban J connectivity index is 1.92. The van der Waals surface area contributed by atoms with E-state index in [1.165, 1.54) is 33.5 Å². The molecule has 0 saturated carbocycles. The number of carbonyl (C=O) groups excluding carboxylic acids is 2. The summed E-state index contributed by atoms with van der Waals surface area (Å²) in [6, 6.07) is 10.1. The van der Waals surface area contributed by atoms with Crippen LogP contribution >= 0.6 is 12.2 Å². The molecule has 160 valence electrons. The van der Waals surface area contributed by atoms with Gasteiger partial charge < -0.3 is 24.3 Å². The van der Waals surface area contributed by atoms with Gasteiger partial charge in [-0.2, -0.15) is 0 Å². The molecular formula is C20H23N3O6S. The molecule has 2 aromatic rings. The van der Waals surface area contributed by atoms with Crippen LogP contribution in [0.1, 0.15) is 15.9 Å². The molecular weight excluding hydrogens is 410 g/mol. The Labute approximate surface area is 179 Å². The maximum atomic E-state index is 12.4. The van der Waals surface area contributed by atoms with Crippen molar-refractivity contribution in [1.29, 1.82) is 0 Å². The second kappa shape index (κ2) is 10.9. The first-order valence-electron chi connectivity index (χ1n) is 8.75. The largest absolute Gasteiger partial charge is 0.497 e. The van der Waals surface area contributed by atoms with E-state index in [1.807, 2.05) is 0 Å². The van der Waals surface area contributed by atoms with Gasteiger partial charge in [-0.1, -0.05) is 12.1 Å². The first-order valence-corrected chi connectivity index (χ1v) is 9.15. The van der Waals surface area contributed by atoms with E-state index < -0.39 is 5.91 Å². The highest BCUT2D eigenvalue weighted by atomic mass is 32.1. The van der Waals surface area contributed by atoms with E-state index in [0.29, 0.717) is 23.0 Å². The van der Waals surface area contributed by atoms with Gasteiger partial charge in [-0.15, -0.1) is 0 Å². The van der Waals surface area contributed by atoms with E-state index in [1.54, 1.807) is 31.4 Å². The van der Waals surface area contributed by atoms with Crippen molar-refractivity contribution < 1.29 is 28.5 Å². The van der Waals surface area contributed by atoms with Crippen molar-refractivity contribution >= 4 is 29.1 Å². The van der Waals surface area contributed by atoms with Gasteiger partial charge in [-0.25, -0.2) is 0 Å². The average molecular weight is 433 g/mol. The van der Waals surface area contributed by atoms with Crippen LogP contribution in [0.15, 0.2) is 36.4 Å². The molecule has 2 amide bonds. The summed E-state index contributed by atoms with van der Waals surface area (Å²) in [6.45, 7) is 0. The molecule has 0 atom stereocenters. The summed E-state index contributed by atoms with van der Waals surface area (Å²) in [7, 11) is 5.93. The monoisotopic (exact) mass is 433 g/mol. The van der Waals surface area contributed by atoms with Crippen LogP contribution < -0.4 is 35.1 Å². The smallest absolute Gasteiger partial charge is 0.269 e. The Morgan fingerprint density at radius 3 is 1.97 bits per heavy atom. The van der Waals surface area contributed by atoms with E-state index in [-0.39, 0.29) is 23.0 Å².